The van der Waals surface area contributed by atoms with Crippen LogP contribution in [0.4, 0.5) is 10.1 Å². The number of hydrogen-bond acceptors (Lipinski definition) is 2. The van der Waals surface area contributed by atoms with Crippen molar-refractivity contribution in [3.63, 3.8) is 0 Å². The quantitative estimate of drug-likeness (QED) is 0.190. The molecular weight excluding hydrogens is 445 g/mol. The van der Waals surface area contributed by atoms with E-state index in [0.717, 1.165) is 41.7 Å². The third-order valence-electron chi connectivity index (χ3n) is 6.18. The van der Waals surface area contributed by atoms with E-state index in [1.165, 1.54) is 17.2 Å². The maximum absolute atomic E-state index is 14.0. The first-order chi connectivity index (χ1) is 16.7. The highest BCUT2D eigenvalue weighted by atomic mass is 19.1. The lowest BCUT2D eigenvalue weighted by molar-refractivity contribution is 0.500. The predicted molar refractivity (Wildman–Crippen MR) is 158 cm³/mol. The first-order valence-electron chi connectivity index (χ1n) is 12.7. The Kier molecular flexibility index (Phi) is 11.9. The molecule has 0 aliphatic rings. The van der Waals surface area contributed by atoms with Gasteiger partial charge in [0.2, 0.25) is 0 Å². The molecule has 0 spiro atoms. The number of halogens is 1. The van der Waals surface area contributed by atoms with Crippen LogP contribution in [-0.2, 0) is 12.8 Å². The van der Waals surface area contributed by atoms with Crippen LogP contribution in [0.15, 0.2) is 95.2 Å². The van der Waals surface area contributed by atoms with E-state index in [2.05, 4.69) is 77.9 Å². The molecule has 0 bridgehead atoms. The van der Waals surface area contributed by atoms with Crippen molar-refractivity contribution in [2.75, 3.05) is 12.4 Å². The van der Waals surface area contributed by atoms with Crippen LogP contribution < -0.4 is 5.32 Å². The number of allylic oxidation sites excluding steroid dienone is 5. The summed E-state index contributed by atoms with van der Waals surface area (Å²) in [7, 11) is 1.87. The second kappa shape index (κ2) is 13.8. The fourth-order valence-electron chi connectivity index (χ4n) is 3.71. The second-order valence-corrected chi connectivity index (χ2v) is 10.2. The first-order valence-corrected chi connectivity index (χ1v) is 12.7. The third kappa shape index (κ3) is 9.14. The molecule has 1 aromatic rings. The maximum atomic E-state index is 14.0. The molecule has 0 amide bonds. The van der Waals surface area contributed by atoms with Crippen molar-refractivity contribution >= 4 is 11.5 Å². The Labute approximate surface area is 219 Å². The van der Waals surface area contributed by atoms with Crippen molar-refractivity contribution < 1.29 is 4.39 Å². The minimum Gasteiger partial charge on any atom is -0.341 e. The molecule has 0 saturated heterocycles. The third-order valence-corrected chi connectivity index (χ3v) is 6.18. The summed E-state index contributed by atoms with van der Waals surface area (Å²) >= 11 is 0. The van der Waals surface area contributed by atoms with Crippen LogP contribution in [0, 0.1) is 5.41 Å². The average Bonchev–Trinajstić information content (AvgIpc) is 2.77. The van der Waals surface area contributed by atoms with Crippen LogP contribution >= 0.6 is 0 Å². The highest BCUT2D eigenvalue weighted by Crippen LogP contribution is 2.28. The lowest BCUT2D eigenvalue weighted by atomic mass is 9.87. The van der Waals surface area contributed by atoms with Gasteiger partial charge in [0.1, 0.15) is 17.5 Å². The van der Waals surface area contributed by atoms with Gasteiger partial charge in [0.05, 0.1) is 0 Å². The van der Waals surface area contributed by atoms with Gasteiger partial charge in [-0.15, -0.1) is 0 Å². The van der Waals surface area contributed by atoms with E-state index in [1.807, 2.05) is 44.9 Å². The van der Waals surface area contributed by atoms with E-state index in [0.29, 0.717) is 17.4 Å². The molecule has 196 valence electrons. The van der Waals surface area contributed by atoms with Crippen molar-refractivity contribution in [3.05, 3.63) is 101 Å². The number of anilines is 1. The van der Waals surface area contributed by atoms with Gasteiger partial charge in [-0.2, -0.15) is 0 Å². The molecule has 0 unspecified atom stereocenters. The minimum atomic E-state index is -0.525. The zero-order valence-electron chi connectivity index (χ0n) is 24.0. The number of likely N-dealkylation sites (N-methyl/N-ethyl adjacent to an activating group) is 1. The first kappa shape index (κ1) is 30.9. The van der Waals surface area contributed by atoms with E-state index < -0.39 is 5.83 Å². The number of benzene rings is 1. The normalized spacial score (nSPS) is 13.5. The Morgan fingerprint density at radius 2 is 1.72 bits per heavy atom. The smallest absolute Gasteiger partial charge is 0.142 e. The van der Waals surface area contributed by atoms with E-state index in [9.17, 15) is 4.39 Å². The molecule has 1 rings (SSSR count). The van der Waals surface area contributed by atoms with Gasteiger partial charge in [-0.1, -0.05) is 78.5 Å². The summed E-state index contributed by atoms with van der Waals surface area (Å²) in [5.74, 6) is 0.578. The van der Waals surface area contributed by atoms with Gasteiger partial charge in [0, 0.05) is 24.0 Å². The van der Waals surface area contributed by atoms with E-state index >= 15 is 0 Å². The van der Waals surface area contributed by atoms with Gasteiger partial charge in [-0.05, 0) is 80.0 Å². The minimum absolute atomic E-state index is 0.0708. The molecular formula is C32H46FN3. The Morgan fingerprint density at radius 3 is 2.19 bits per heavy atom. The number of nitrogens with one attached hydrogen (secondary N) is 1. The standard InChI is InChI=1S/C32H46FN3/c1-13-16-27-21-28(18-17-26(27)14-2)34-25(8)35-31(30(15-3)22(4)5)36(12)29(20-24(7)33)19-23(6)32(9,10)11/h15,17-21,34H,4,7-8,13-14,16H2,1-3,5-6,9-12H3/b23-19+,29-20+,30-15-,35-31+. The lowest BCUT2D eigenvalue weighted by Gasteiger charge is -2.27. The Balaban J connectivity index is 3.56. The Bertz CT molecular complexity index is 1090. The summed E-state index contributed by atoms with van der Waals surface area (Å²) in [4.78, 5) is 6.73. The van der Waals surface area contributed by atoms with E-state index in [1.54, 1.807) is 0 Å². The highest BCUT2D eigenvalue weighted by Gasteiger charge is 2.19. The zero-order chi connectivity index (χ0) is 27.6. The van der Waals surface area contributed by atoms with Crippen LogP contribution in [0.1, 0.15) is 72.9 Å². The zero-order valence-corrected chi connectivity index (χ0v) is 24.0. The van der Waals surface area contributed by atoms with Crippen molar-refractivity contribution in [1.82, 2.24) is 4.90 Å². The molecule has 0 aromatic heterocycles. The van der Waals surface area contributed by atoms with Crippen molar-refractivity contribution in [2.45, 2.75) is 74.7 Å². The molecule has 0 radical (unpaired) electrons. The Morgan fingerprint density at radius 1 is 1.08 bits per heavy atom. The van der Waals surface area contributed by atoms with Crippen molar-refractivity contribution in [2.24, 2.45) is 10.4 Å². The number of nitrogens with zero attached hydrogens (tertiary/aromatic N) is 2. The lowest BCUT2D eigenvalue weighted by Crippen LogP contribution is -2.29. The van der Waals surface area contributed by atoms with Gasteiger partial charge < -0.3 is 10.2 Å². The number of aliphatic imine (C=N–C) groups is 1. The molecule has 1 N–H and O–H groups in total. The van der Waals surface area contributed by atoms with Gasteiger partial charge in [0.15, 0.2) is 0 Å². The molecule has 1 aromatic carbocycles. The number of rotatable bonds is 11. The van der Waals surface area contributed by atoms with Crippen LogP contribution in [-0.4, -0.2) is 17.8 Å². The van der Waals surface area contributed by atoms with Crippen LogP contribution in [0.5, 0.6) is 0 Å². The fourth-order valence-corrected chi connectivity index (χ4v) is 3.71. The number of aryl methyl sites for hydroxylation is 2. The summed E-state index contributed by atoms with van der Waals surface area (Å²) in [6.45, 7) is 28.4. The SMILES string of the molecule is C=C(F)/C=C(\C=C(/C)C(C)(C)C)N(C)C(=N/C(=C)Nc1ccc(CC)c(CCC)c1)/C(=C\C)C(=C)C. The number of hydrogen-bond donors (Lipinski definition) is 1. The molecule has 0 aliphatic carbocycles. The summed E-state index contributed by atoms with van der Waals surface area (Å²) < 4.78 is 14.0. The molecule has 0 heterocycles. The van der Waals surface area contributed by atoms with Crippen molar-refractivity contribution in [1.29, 1.82) is 0 Å². The van der Waals surface area contributed by atoms with Crippen molar-refractivity contribution in [3.8, 4) is 0 Å². The summed E-state index contributed by atoms with van der Waals surface area (Å²) in [5, 5.41) is 3.35. The van der Waals surface area contributed by atoms with E-state index in [-0.39, 0.29) is 5.41 Å². The van der Waals surface area contributed by atoms with Gasteiger partial charge in [0.25, 0.3) is 0 Å². The van der Waals surface area contributed by atoms with Crippen LogP contribution in [0.25, 0.3) is 0 Å². The maximum Gasteiger partial charge on any atom is 0.142 e. The van der Waals surface area contributed by atoms with Gasteiger partial charge in [-0.3, -0.25) is 0 Å². The fraction of sp³-hybridized carbons (Fsp3) is 0.406. The summed E-state index contributed by atoms with van der Waals surface area (Å²) in [5.41, 5.74) is 7.02. The van der Waals surface area contributed by atoms with E-state index in [4.69, 9.17) is 4.99 Å². The molecule has 36 heavy (non-hydrogen) atoms. The average molecular weight is 492 g/mol. The van der Waals surface area contributed by atoms with Gasteiger partial charge >= 0.3 is 0 Å². The predicted octanol–water partition coefficient (Wildman–Crippen LogP) is 9.30. The molecule has 3 nitrogen and oxygen atoms in total. The topological polar surface area (TPSA) is 27.6 Å². The Hall–Kier alpha value is -3.14. The molecule has 0 saturated carbocycles. The molecule has 0 fully saturated rings. The monoisotopic (exact) mass is 491 g/mol. The molecule has 0 aliphatic heterocycles. The second-order valence-electron chi connectivity index (χ2n) is 10.2. The van der Waals surface area contributed by atoms with Crippen LogP contribution in [0.3, 0.4) is 0 Å². The largest absolute Gasteiger partial charge is 0.341 e. The summed E-state index contributed by atoms with van der Waals surface area (Å²) in [6.07, 6.45) is 8.48. The van der Waals surface area contributed by atoms with Crippen LogP contribution in [0.2, 0.25) is 0 Å². The summed E-state index contributed by atoms with van der Waals surface area (Å²) in [6, 6.07) is 6.40. The van der Waals surface area contributed by atoms with Gasteiger partial charge in [-0.25, -0.2) is 9.38 Å². The number of amidine groups is 1. The molecule has 4 heteroatoms. The molecule has 0 atom stereocenters. The highest BCUT2D eigenvalue weighted by molar-refractivity contribution is 6.03.